The summed E-state index contributed by atoms with van der Waals surface area (Å²) in [5.41, 5.74) is 2.70. The molecule has 0 aromatic carbocycles. The zero-order chi connectivity index (χ0) is 12.7. The van der Waals surface area contributed by atoms with Crippen LogP contribution < -0.4 is 11.3 Å². The summed E-state index contributed by atoms with van der Waals surface area (Å²) in [5, 5.41) is 0. The quantitative estimate of drug-likeness (QED) is 0.229. The molecule has 1 rings (SSSR count). The molecule has 6 heteroatoms. The SMILES string of the molecule is COCCCN=C(NN)N1CCN(C)C(C)C1. The molecule has 1 atom stereocenters. The Morgan fingerprint density at radius 1 is 1.53 bits per heavy atom. The molecule has 1 saturated heterocycles. The fourth-order valence-corrected chi connectivity index (χ4v) is 1.87. The third-order valence-electron chi connectivity index (χ3n) is 3.16. The minimum Gasteiger partial charge on any atom is -0.385 e. The summed E-state index contributed by atoms with van der Waals surface area (Å²) in [7, 11) is 3.85. The number of likely N-dealkylation sites (N-methyl/N-ethyl adjacent to an activating group) is 1. The molecule has 1 fully saturated rings. The Morgan fingerprint density at radius 2 is 2.29 bits per heavy atom. The first-order valence-corrected chi connectivity index (χ1v) is 6.14. The minimum atomic E-state index is 0.529. The van der Waals surface area contributed by atoms with Crippen LogP contribution >= 0.6 is 0 Å². The van der Waals surface area contributed by atoms with Gasteiger partial charge in [0.15, 0.2) is 0 Å². The number of aliphatic imine (C=N–C) groups is 1. The highest BCUT2D eigenvalue weighted by atomic mass is 16.5. The summed E-state index contributed by atoms with van der Waals surface area (Å²) in [5.74, 6) is 6.32. The van der Waals surface area contributed by atoms with Crippen molar-refractivity contribution in [1.82, 2.24) is 15.2 Å². The normalized spacial score (nSPS) is 22.9. The number of nitrogens with two attached hydrogens (primary N) is 1. The molecule has 1 aliphatic rings. The van der Waals surface area contributed by atoms with Crippen LogP contribution in [0.15, 0.2) is 4.99 Å². The molecule has 100 valence electrons. The molecule has 0 aromatic rings. The molecule has 0 aliphatic carbocycles. The second-order valence-electron chi connectivity index (χ2n) is 4.47. The first-order chi connectivity index (χ1) is 8.19. The molecule has 6 nitrogen and oxygen atoms in total. The number of guanidine groups is 1. The van der Waals surface area contributed by atoms with Crippen molar-refractivity contribution in [2.45, 2.75) is 19.4 Å². The molecule has 3 N–H and O–H groups in total. The number of nitrogens with zero attached hydrogens (tertiary/aromatic N) is 3. The van der Waals surface area contributed by atoms with Crippen LogP contribution in [-0.2, 0) is 4.74 Å². The zero-order valence-electron chi connectivity index (χ0n) is 11.1. The summed E-state index contributed by atoms with van der Waals surface area (Å²) in [6.07, 6.45) is 0.922. The zero-order valence-corrected chi connectivity index (χ0v) is 11.1. The van der Waals surface area contributed by atoms with Crippen molar-refractivity contribution in [3.8, 4) is 0 Å². The predicted octanol–water partition coefficient (Wildman–Crippen LogP) is -0.522. The first-order valence-electron chi connectivity index (χ1n) is 6.14. The van der Waals surface area contributed by atoms with Crippen molar-refractivity contribution in [2.24, 2.45) is 10.8 Å². The molecule has 17 heavy (non-hydrogen) atoms. The van der Waals surface area contributed by atoms with E-state index in [1.807, 2.05) is 0 Å². The lowest BCUT2D eigenvalue weighted by atomic mass is 10.2. The third-order valence-corrected chi connectivity index (χ3v) is 3.16. The van der Waals surface area contributed by atoms with Gasteiger partial charge >= 0.3 is 0 Å². The van der Waals surface area contributed by atoms with Gasteiger partial charge in [0.1, 0.15) is 0 Å². The molecule has 0 spiro atoms. The van der Waals surface area contributed by atoms with E-state index in [1.54, 1.807) is 7.11 Å². The lowest BCUT2D eigenvalue weighted by Gasteiger charge is -2.38. The van der Waals surface area contributed by atoms with E-state index in [0.29, 0.717) is 6.04 Å². The minimum absolute atomic E-state index is 0.529. The topological polar surface area (TPSA) is 66.1 Å². The number of piperazine rings is 1. The second kappa shape index (κ2) is 7.47. The maximum Gasteiger partial charge on any atom is 0.208 e. The van der Waals surface area contributed by atoms with E-state index >= 15 is 0 Å². The van der Waals surface area contributed by atoms with Crippen LogP contribution in [0.2, 0.25) is 0 Å². The van der Waals surface area contributed by atoms with Crippen molar-refractivity contribution in [3.63, 3.8) is 0 Å². The van der Waals surface area contributed by atoms with Gasteiger partial charge in [0, 0.05) is 45.9 Å². The maximum atomic E-state index is 5.53. The van der Waals surface area contributed by atoms with Crippen LogP contribution in [0.4, 0.5) is 0 Å². The standard InChI is InChI=1S/C11H25N5O/c1-10-9-16(7-6-15(10)2)11(14-12)13-5-4-8-17-3/h10H,4-9,12H2,1-3H3,(H,13,14). The van der Waals surface area contributed by atoms with Crippen LogP contribution in [0.5, 0.6) is 0 Å². The number of methoxy groups -OCH3 is 1. The van der Waals surface area contributed by atoms with Crippen molar-refractivity contribution in [2.75, 3.05) is 46.9 Å². The van der Waals surface area contributed by atoms with Crippen molar-refractivity contribution >= 4 is 5.96 Å². The summed E-state index contributed by atoms with van der Waals surface area (Å²) >= 11 is 0. The fraction of sp³-hybridized carbons (Fsp3) is 0.909. The molecule has 0 saturated carbocycles. The van der Waals surface area contributed by atoms with Gasteiger partial charge in [-0.3, -0.25) is 10.4 Å². The van der Waals surface area contributed by atoms with Gasteiger partial charge in [0.25, 0.3) is 0 Å². The maximum absolute atomic E-state index is 5.53. The summed E-state index contributed by atoms with van der Waals surface area (Å²) in [6.45, 7) is 6.66. The number of hydrogen-bond donors (Lipinski definition) is 2. The van der Waals surface area contributed by atoms with E-state index in [-0.39, 0.29) is 0 Å². The van der Waals surface area contributed by atoms with Gasteiger partial charge in [-0.1, -0.05) is 0 Å². The molecule has 0 amide bonds. The van der Waals surface area contributed by atoms with Gasteiger partial charge in [-0.15, -0.1) is 0 Å². The molecule has 1 aliphatic heterocycles. The average molecular weight is 243 g/mol. The van der Waals surface area contributed by atoms with E-state index in [1.165, 1.54) is 0 Å². The highest BCUT2D eigenvalue weighted by Crippen LogP contribution is 2.06. The summed E-state index contributed by atoms with van der Waals surface area (Å²) in [4.78, 5) is 9.02. The van der Waals surface area contributed by atoms with E-state index < -0.39 is 0 Å². The van der Waals surface area contributed by atoms with Crippen LogP contribution in [0.25, 0.3) is 0 Å². The average Bonchev–Trinajstić information content (AvgIpc) is 2.33. The second-order valence-corrected chi connectivity index (χ2v) is 4.47. The number of rotatable bonds is 4. The monoisotopic (exact) mass is 243 g/mol. The number of ether oxygens (including phenoxy) is 1. The van der Waals surface area contributed by atoms with E-state index in [9.17, 15) is 0 Å². The highest BCUT2D eigenvalue weighted by Gasteiger charge is 2.22. The Labute approximate surface area is 104 Å². The molecule has 0 bridgehead atoms. The van der Waals surface area contributed by atoms with Crippen molar-refractivity contribution in [1.29, 1.82) is 0 Å². The third kappa shape index (κ3) is 4.49. The van der Waals surface area contributed by atoms with Gasteiger partial charge in [-0.05, 0) is 20.4 Å². The number of hydrazine groups is 1. The van der Waals surface area contributed by atoms with Crippen LogP contribution in [0.3, 0.4) is 0 Å². The Hall–Kier alpha value is -0.850. The fourth-order valence-electron chi connectivity index (χ4n) is 1.87. The number of hydrogen-bond acceptors (Lipinski definition) is 4. The first kappa shape index (κ1) is 14.2. The van der Waals surface area contributed by atoms with Gasteiger partial charge < -0.3 is 14.5 Å². The van der Waals surface area contributed by atoms with Gasteiger partial charge in [0.05, 0.1) is 0 Å². The Kier molecular flexibility index (Phi) is 6.25. The molecule has 0 aromatic heterocycles. The van der Waals surface area contributed by atoms with Gasteiger partial charge in [0.2, 0.25) is 5.96 Å². The molecule has 1 heterocycles. The summed E-state index contributed by atoms with van der Waals surface area (Å²) in [6, 6.07) is 0.529. The molecular weight excluding hydrogens is 218 g/mol. The molecule has 1 unspecified atom stereocenters. The van der Waals surface area contributed by atoms with Crippen molar-refractivity contribution < 1.29 is 4.74 Å². The lowest BCUT2D eigenvalue weighted by Crippen LogP contribution is -2.56. The molecular formula is C11H25N5O. The highest BCUT2D eigenvalue weighted by molar-refractivity contribution is 5.79. The largest absolute Gasteiger partial charge is 0.385 e. The summed E-state index contributed by atoms with van der Waals surface area (Å²) < 4.78 is 4.99. The lowest BCUT2D eigenvalue weighted by molar-refractivity contribution is 0.150. The predicted molar refractivity (Wildman–Crippen MR) is 69.8 cm³/mol. The van der Waals surface area contributed by atoms with E-state index in [2.05, 4.69) is 34.2 Å². The van der Waals surface area contributed by atoms with Gasteiger partial charge in [-0.2, -0.15) is 0 Å². The van der Waals surface area contributed by atoms with Gasteiger partial charge in [-0.25, -0.2) is 5.84 Å². The smallest absolute Gasteiger partial charge is 0.208 e. The Bertz CT molecular complexity index is 246. The molecule has 0 radical (unpaired) electrons. The Morgan fingerprint density at radius 3 is 2.88 bits per heavy atom. The van der Waals surface area contributed by atoms with Crippen molar-refractivity contribution in [3.05, 3.63) is 0 Å². The van der Waals surface area contributed by atoms with Crippen LogP contribution in [-0.4, -0.2) is 68.7 Å². The van der Waals surface area contributed by atoms with Crippen LogP contribution in [0, 0.1) is 0 Å². The van der Waals surface area contributed by atoms with Crippen LogP contribution in [0.1, 0.15) is 13.3 Å². The number of nitrogens with one attached hydrogen (secondary N) is 1. The van der Waals surface area contributed by atoms with E-state index in [4.69, 9.17) is 10.6 Å². The Balaban J connectivity index is 2.44. The van der Waals surface area contributed by atoms with E-state index in [0.717, 1.165) is 45.2 Å².